The molecule has 66 valence electrons. The summed E-state index contributed by atoms with van der Waals surface area (Å²) >= 11 is 3.21. The molecule has 1 aliphatic heterocycles. The zero-order valence-electron chi connectivity index (χ0n) is 6.68. The van der Waals surface area contributed by atoms with Crippen molar-refractivity contribution in [3.63, 3.8) is 0 Å². The number of aromatic nitrogens is 3. The lowest BCUT2D eigenvalue weighted by atomic mass is 10.1. The highest BCUT2D eigenvalue weighted by molar-refractivity contribution is 9.10. The predicted octanol–water partition coefficient (Wildman–Crippen LogP) is 0.862. The Hall–Kier alpha value is -0.420. The molecule has 2 rings (SSSR count). The van der Waals surface area contributed by atoms with E-state index in [9.17, 15) is 0 Å². The summed E-state index contributed by atoms with van der Waals surface area (Å²) in [5.74, 6) is 0.960. The van der Waals surface area contributed by atoms with Crippen molar-refractivity contribution in [2.45, 2.75) is 25.3 Å². The molecule has 1 fully saturated rings. The zero-order valence-corrected chi connectivity index (χ0v) is 8.26. The molecule has 2 heterocycles. The lowest BCUT2D eigenvalue weighted by Crippen LogP contribution is -2.24. The summed E-state index contributed by atoms with van der Waals surface area (Å²) < 4.78 is 0.649. The van der Waals surface area contributed by atoms with Crippen LogP contribution in [0.25, 0.3) is 0 Å². The maximum atomic E-state index is 4.18. The van der Waals surface area contributed by atoms with E-state index in [2.05, 4.69) is 36.4 Å². The van der Waals surface area contributed by atoms with E-state index < -0.39 is 0 Å². The minimum Gasteiger partial charge on any atom is -0.314 e. The number of halogens is 1. The smallest absolute Gasteiger partial charge is 0.217 e. The Morgan fingerprint density at radius 2 is 2.50 bits per heavy atom. The highest BCUT2D eigenvalue weighted by atomic mass is 79.9. The Balaban J connectivity index is 1.94. The zero-order chi connectivity index (χ0) is 8.39. The second kappa shape index (κ2) is 3.53. The Morgan fingerprint density at radius 1 is 1.58 bits per heavy atom. The van der Waals surface area contributed by atoms with Crippen molar-refractivity contribution < 1.29 is 0 Å². The molecule has 0 aliphatic carbocycles. The largest absolute Gasteiger partial charge is 0.314 e. The first kappa shape index (κ1) is 8.19. The summed E-state index contributed by atoms with van der Waals surface area (Å²) in [5.41, 5.74) is 0. The number of hydrogen-bond donors (Lipinski definition) is 2. The molecule has 0 saturated carbocycles. The van der Waals surface area contributed by atoms with Gasteiger partial charge in [-0.25, -0.2) is 4.98 Å². The molecule has 1 aromatic heterocycles. The van der Waals surface area contributed by atoms with E-state index >= 15 is 0 Å². The fourth-order valence-electron chi connectivity index (χ4n) is 1.53. The van der Waals surface area contributed by atoms with Crippen LogP contribution >= 0.6 is 15.9 Å². The molecule has 12 heavy (non-hydrogen) atoms. The number of H-pyrrole nitrogens is 1. The molecule has 0 radical (unpaired) electrons. The predicted molar refractivity (Wildman–Crippen MR) is 48.8 cm³/mol. The third-order valence-corrected chi connectivity index (χ3v) is 2.46. The van der Waals surface area contributed by atoms with Gasteiger partial charge in [0.15, 0.2) is 0 Å². The van der Waals surface area contributed by atoms with Crippen LogP contribution in [-0.4, -0.2) is 27.8 Å². The van der Waals surface area contributed by atoms with Gasteiger partial charge < -0.3 is 5.32 Å². The van der Waals surface area contributed by atoms with E-state index in [1.165, 1.54) is 12.8 Å². The summed E-state index contributed by atoms with van der Waals surface area (Å²) in [4.78, 5) is 4.18. The number of nitrogens with zero attached hydrogens (tertiary/aromatic N) is 2. The van der Waals surface area contributed by atoms with Crippen molar-refractivity contribution in [1.82, 2.24) is 20.5 Å². The van der Waals surface area contributed by atoms with Gasteiger partial charge in [0.25, 0.3) is 0 Å². The monoisotopic (exact) mass is 230 g/mol. The summed E-state index contributed by atoms with van der Waals surface area (Å²) in [6, 6.07) is 0.588. The molecule has 2 N–H and O–H groups in total. The summed E-state index contributed by atoms with van der Waals surface area (Å²) in [7, 11) is 0. The van der Waals surface area contributed by atoms with Crippen LogP contribution in [0.3, 0.4) is 0 Å². The molecule has 0 aromatic carbocycles. The maximum Gasteiger partial charge on any atom is 0.217 e. The molecule has 0 bridgehead atoms. The van der Waals surface area contributed by atoms with Gasteiger partial charge in [-0.05, 0) is 35.3 Å². The lowest BCUT2D eigenvalue weighted by molar-refractivity contribution is 0.586. The van der Waals surface area contributed by atoms with E-state index in [0.29, 0.717) is 10.8 Å². The van der Waals surface area contributed by atoms with Gasteiger partial charge in [-0.1, -0.05) is 0 Å². The molecule has 1 aliphatic rings. The number of hydrogen-bond acceptors (Lipinski definition) is 3. The van der Waals surface area contributed by atoms with Crippen LogP contribution in [0.4, 0.5) is 0 Å². The number of rotatable bonds is 2. The normalized spacial score (nSPS) is 23.2. The Kier molecular flexibility index (Phi) is 2.41. The van der Waals surface area contributed by atoms with Gasteiger partial charge in [0.05, 0.1) is 0 Å². The Bertz CT molecular complexity index is 254. The van der Waals surface area contributed by atoms with Crippen molar-refractivity contribution in [2.24, 2.45) is 0 Å². The second-order valence-corrected chi connectivity index (χ2v) is 3.76. The molecule has 1 saturated heterocycles. The third-order valence-electron chi connectivity index (χ3n) is 2.11. The first-order valence-corrected chi connectivity index (χ1v) is 4.94. The van der Waals surface area contributed by atoms with Gasteiger partial charge in [-0.3, -0.25) is 5.10 Å². The van der Waals surface area contributed by atoms with Gasteiger partial charge in [-0.15, -0.1) is 5.10 Å². The molecule has 0 spiro atoms. The first-order chi connectivity index (χ1) is 5.84. The van der Waals surface area contributed by atoms with Crippen molar-refractivity contribution in [3.05, 3.63) is 10.6 Å². The third kappa shape index (κ3) is 1.84. The summed E-state index contributed by atoms with van der Waals surface area (Å²) in [6.07, 6.45) is 3.48. The minimum absolute atomic E-state index is 0.588. The van der Waals surface area contributed by atoms with Crippen LogP contribution in [0.15, 0.2) is 4.73 Å². The molecule has 1 unspecified atom stereocenters. The van der Waals surface area contributed by atoms with Crippen LogP contribution in [-0.2, 0) is 6.42 Å². The van der Waals surface area contributed by atoms with Crippen molar-refractivity contribution >= 4 is 15.9 Å². The lowest BCUT2D eigenvalue weighted by Gasteiger charge is -2.05. The molecule has 1 atom stereocenters. The van der Waals surface area contributed by atoms with Gasteiger partial charge in [0, 0.05) is 12.5 Å². The summed E-state index contributed by atoms with van der Waals surface area (Å²) in [6.45, 7) is 1.14. The highest BCUT2D eigenvalue weighted by Crippen LogP contribution is 2.10. The molecule has 1 aromatic rings. The first-order valence-electron chi connectivity index (χ1n) is 4.15. The van der Waals surface area contributed by atoms with E-state index in [4.69, 9.17) is 0 Å². The molecule has 4 nitrogen and oxygen atoms in total. The SMILES string of the molecule is Brc1n[nH]c(CC2CCCN2)n1. The van der Waals surface area contributed by atoms with Crippen LogP contribution in [0, 0.1) is 0 Å². The van der Waals surface area contributed by atoms with Gasteiger partial charge in [-0.2, -0.15) is 0 Å². The quantitative estimate of drug-likeness (QED) is 0.793. The molecular weight excluding hydrogens is 220 g/mol. The van der Waals surface area contributed by atoms with Crippen molar-refractivity contribution in [1.29, 1.82) is 0 Å². The average molecular weight is 231 g/mol. The van der Waals surface area contributed by atoms with Crippen LogP contribution < -0.4 is 5.32 Å². The maximum absolute atomic E-state index is 4.18. The van der Waals surface area contributed by atoms with Crippen LogP contribution in [0.2, 0.25) is 0 Å². The van der Waals surface area contributed by atoms with Gasteiger partial charge >= 0.3 is 0 Å². The van der Waals surface area contributed by atoms with E-state index in [1.807, 2.05) is 0 Å². The number of nitrogens with one attached hydrogen (secondary N) is 2. The van der Waals surface area contributed by atoms with E-state index in [0.717, 1.165) is 18.8 Å². The minimum atomic E-state index is 0.588. The average Bonchev–Trinajstić information content (AvgIpc) is 2.63. The van der Waals surface area contributed by atoms with Crippen LogP contribution in [0.1, 0.15) is 18.7 Å². The molecular formula is C7H11BrN4. The van der Waals surface area contributed by atoms with Crippen LogP contribution in [0.5, 0.6) is 0 Å². The fraction of sp³-hybridized carbons (Fsp3) is 0.714. The highest BCUT2D eigenvalue weighted by Gasteiger charge is 2.15. The van der Waals surface area contributed by atoms with E-state index in [-0.39, 0.29) is 0 Å². The van der Waals surface area contributed by atoms with Gasteiger partial charge in [0.1, 0.15) is 5.82 Å². The van der Waals surface area contributed by atoms with Crippen molar-refractivity contribution in [2.75, 3.05) is 6.54 Å². The van der Waals surface area contributed by atoms with Crippen molar-refractivity contribution in [3.8, 4) is 0 Å². The van der Waals surface area contributed by atoms with E-state index in [1.54, 1.807) is 0 Å². The topological polar surface area (TPSA) is 53.6 Å². The standard InChI is InChI=1S/C7H11BrN4/c8-7-10-6(11-12-7)4-5-2-1-3-9-5/h5,9H,1-4H2,(H,10,11,12). The summed E-state index contributed by atoms with van der Waals surface area (Å²) in [5, 5.41) is 10.2. The Morgan fingerprint density at radius 3 is 3.08 bits per heavy atom. The molecule has 0 amide bonds. The fourth-order valence-corrected chi connectivity index (χ4v) is 1.83. The Labute approximate surface area is 79.3 Å². The molecule has 5 heteroatoms. The second-order valence-electron chi connectivity index (χ2n) is 3.05. The number of aromatic amines is 1. The van der Waals surface area contributed by atoms with Gasteiger partial charge in [0.2, 0.25) is 4.73 Å².